The molecule has 0 aliphatic carbocycles. The summed E-state index contributed by atoms with van der Waals surface area (Å²) in [7, 11) is 0. The molecular formula is C23H19N5OS. The van der Waals surface area contributed by atoms with Crippen molar-refractivity contribution in [3.63, 3.8) is 0 Å². The molecule has 0 unspecified atom stereocenters. The molecule has 30 heavy (non-hydrogen) atoms. The van der Waals surface area contributed by atoms with Crippen LogP contribution in [0.4, 0.5) is 5.69 Å². The van der Waals surface area contributed by atoms with E-state index in [4.69, 9.17) is 12.2 Å². The zero-order chi connectivity index (χ0) is 20.9. The molecule has 0 saturated heterocycles. The molecule has 7 heteroatoms. The van der Waals surface area contributed by atoms with Crippen molar-refractivity contribution in [3.05, 3.63) is 100 Å². The van der Waals surface area contributed by atoms with E-state index in [9.17, 15) is 4.79 Å². The predicted octanol–water partition coefficient (Wildman–Crippen LogP) is 5.05. The molecule has 0 bridgehead atoms. The molecule has 0 radical (unpaired) electrons. The highest BCUT2D eigenvalue weighted by Crippen LogP contribution is 2.27. The van der Waals surface area contributed by atoms with Gasteiger partial charge in [0.2, 0.25) is 4.77 Å². The van der Waals surface area contributed by atoms with Crippen LogP contribution in [0.3, 0.4) is 0 Å². The van der Waals surface area contributed by atoms with Gasteiger partial charge in [-0.25, -0.2) is 5.10 Å². The van der Waals surface area contributed by atoms with Crippen molar-refractivity contribution in [2.45, 2.75) is 6.92 Å². The molecule has 1 amide bonds. The molecule has 4 aromatic rings. The third-order valence-corrected chi connectivity index (χ3v) is 4.77. The van der Waals surface area contributed by atoms with Crippen molar-refractivity contribution in [3.8, 4) is 11.4 Å². The third kappa shape index (κ3) is 4.26. The summed E-state index contributed by atoms with van der Waals surface area (Å²) < 4.78 is 1.90. The van der Waals surface area contributed by atoms with Crippen molar-refractivity contribution in [1.82, 2.24) is 14.9 Å². The fourth-order valence-corrected chi connectivity index (χ4v) is 3.10. The third-order valence-electron chi connectivity index (χ3n) is 4.50. The first-order valence-corrected chi connectivity index (χ1v) is 9.77. The average molecular weight is 414 g/mol. The number of carbonyl (C=O) groups is 1. The zero-order valence-corrected chi connectivity index (χ0v) is 17.1. The minimum absolute atomic E-state index is 0.202. The number of hydrogen-bond acceptors (Lipinski definition) is 4. The Morgan fingerprint density at radius 1 is 1.03 bits per heavy atom. The summed E-state index contributed by atoms with van der Waals surface area (Å²) in [6.07, 6.45) is 1.72. The molecule has 1 heterocycles. The molecular weight excluding hydrogens is 394 g/mol. The number of amides is 1. The highest BCUT2D eigenvalue weighted by Gasteiger charge is 2.15. The maximum absolute atomic E-state index is 12.6. The molecule has 0 aliphatic rings. The van der Waals surface area contributed by atoms with Gasteiger partial charge in [-0.3, -0.25) is 4.79 Å². The Kier molecular flexibility index (Phi) is 5.63. The molecule has 0 spiro atoms. The lowest BCUT2D eigenvalue weighted by Crippen LogP contribution is -2.12. The van der Waals surface area contributed by atoms with Crippen LogP contribution >= 0.6 is 12.2 Å². The Bertz CT molecular complexity index is 1260. The normalized spacial score (nSPS) is 11.0. The number of hydrogen-bond donors (Lipinski definition) is 2. The van der Waals surface area contributed by atoms with Crippen LogP contribution in [-0.2, 0) is 0 Å². The number of carbonyl (C=O) groups excluding carboxylic acids is 1. The van der Waals surface area contributed by atoms with Gasteiger partial charge in [0.05, 0.1) is 11.9 Å². The number of nitrogens with one attached hydrogen (secondary N) is 2. The van der Waals surface area contributed by atoms with E-state index in [-0.39, 0.29) is 5.91 Å². The average Bonchev–Trinajstić information content (AvgIpc) is 3.14. The monoisotopic (exact) mass is 413 g/mol. The first-order chi connectivity index (χ1) is 14.6. The Morgan fingerprint density at radius 2 is 1.73 bits per heavy atom. The van der Waals surface area contributed by atoms with E-state index in [0.29, 0.717) is 27.4 Å². The van der Waals surface area contributed by atoms with Gasteiger partial charge in [-0.1, -0.05) is 60.2 Å². The molecule has 1 aromatic heterocycles. The minimum Gasteiger partial charge on any atom is -0.321 e. The van der Waals surface area contributed by atoms with Crippen molar-refractivity contribution in [2.75, 3.05) is 5.32 Å². The molecule has 0 saturated carbocycles. The minimum atomic E-state index is -0.202. The number of benzene rings is 3. The number of rotatable bonds is 5. The number of aromatic nitrogens is 3. The van der Waals surface area contributed by atoms with Crippen molar-refractivity contribution < 1.29 is 4.79 Å². The molecule has 0 fully saturated rings. The maximum atomic E-state index is 12.6. The van der Waals surface area contributed by atoms with E-state index in [2.05, 4.69) is 20.6 Å². The first-order valence-electron chi connectivity index (χ1n) is 9.36. The maximum Gasteiger partial charge on any atom is 0.255 e. The van der Waals surface area contributed by atoms with Crippen molar-refractivity contribution in [1.29, 1.82) is 0 Å². The molecule has 4 rings (SSSR count). The topological polar surface area (TPSA) is 75.1 Å². The summed E-state index contributed by atoms with van der Waals surface area (Å²) in [6.45, 7) is 2.03. The van der Waals surface area contributed by atoms with Crippen LogP contribution in [0.2, 0.25) is 0 Å². The lowest BCUT2D eigenvalue weighted by atomic mass is 10.1. The van der Waals surface area contributed by atoms with Crippen LogP contribution in [0.25, 0.3) is 11.4 Å². The summed E-state index contributed by atoms with van der Waals surface area (Å²) in [5.74, 6) is 0.305. The first kappa shape index (κ1) is 19.5. The summed E-state index contributed by atoms with van der Waals surface area (Å²) in [4.78, 5) is 12.6. The number of anilines is 1. The smallest absolute Gasteiger partial charge is 0.255 e. The van der Waals surface area contributed by atoms with Crippen molar-refractivity contribution >= 4 is 30.0 Å². The Hall–Kier alpha value is -3.84. The standard InChI is InChI=1S/C23H19N5OS/c1-16-11-13-17(14-12-16)15-24-28-21(26-27-23(28)30)19-9-5-6-10-20(19)25-22(29)18-7-3-2-4-8-18/h2-15H,1H3,(H,25,29)(H,27,30)/b24-15+. The van der Waals surface area contributed by atoms with Crippen LogP contribution in [0.15, 0.2) is 84.0 Å². The van der Waals surface area contributed by atoms with E-state index < -0.39 is 0 Å². The van der Waals surface area contributed by atoms with Crippen LogP contribution in [0.5, 0.6) is 0 Å². The van der Waals surface area contributed by atoms with E-state index in [0.717, 1.165) is 5.56 Å². The van der Waals surface area contributed by atoms with Gasteiger partial charge in [0.15, 0.2) is 5.82 Å². The highest BCUT2D eigenvalue weighted by molar-refractivity contribution is 7.71. The van der Waals surface area contributed by atoms with E-state index in [1.165, 1.54) is 5.56 Å². The van der Waals surface area contributed by atoms with Gasteiger partial charge in [0.1, 0.15) is 0 Å². The van der Waals surface area contributed by atoms with Crippen LogP contribution in [-0.4, -0.2) is 27.0 Å². The van der Waals surface area contributed by atoms with Gasteiger partial charge in [0.25, 0.3) is 5.91 Å². The highest BCUT2D eigenvalue weighted by atomic mass is 32.1. The Morgan fingerprint density at radius 3 is 2.50 bits per heavy atom. The van der Waals surface area contributed by atoms with Crippen LogP contribution in [0.1, 0.15) is 21.5 Å². The lowest BCUT2D eigenvalue weighted by Gasteiger charge is -2.10. The van der Waals surface area contributed by atoms with E-state index >= 15 is 0 Å². The van der Waals surface area contributed by atoms with Gasteiger partial charge in [-0.2, -0.15) is 14.9 Å². The zero-order valence-electron chi connectivity index (χ0n) is 16.2. The number of para-hydroxylation sites is 1. The predicted molar refractivity (Wildman–Crippen MR) is 121 cm³/mol. The van der Waals surface area contributed by atoms with E-state index in [1.807, 2.05) is 73.7 Å². The Labute approximate surface area is 178 Å². The SMILES string of the molecule is Cc1ccc(/C=N/n2c(-c3ccccc3NC(=O)c3ccccc3)n[nH]c2=S)cc1. The number of aromatic amines is 1. The quantitative estimate of drug-likeness (QED) is 0.355. The lowest BCUT2D eigenvalue weighted by molar-refractivity contribution is 0.102. The van der Waals surface area contributed by atoms with Gasteiger partial charge in [-0.15, -0.1) is 0 Å². The fraction of sp³-hybridized carbons (Fsp3) is 0.0435. The van der Waals surface area contributed by atoms with Gasteiger partial charge in [-0.05, 0) is 49.0 Å². The molecule has 3 aromatic carbocycles. The summed E-state index contributed by atoms with van der Waals surface area (Å²) >= 11 is 5.36. The second-order valence-corrected chi connectivity index (χ2v) is 7.07. The van der Waals surface area contributed by atoms with Crippen LogP contribution < -0.4 is 5.32 Å². The second kappa shape index (κ2) is 8.67. The molecule has 0 aliphatic heterocycles. The van der Waals surface area contributed by atoms with Gasteiger partial charge >= 0.3 is 0 Å². The molecule has 0 atom stereocenters. The summed E-state index contributed by atoms with van der Waals surface area (Å²) in [6, 6.07) is 24.5. The summed E-state index contributed by atoms with van der Waals surface area (Å²) in [5, 5.41) is 14.6. The largest absolute Gasteiger partial charge is 0.321 e. The van der Waals surface area contributed by atoms with Crippen molar-refractivity contribution in [2.24, 2.45) is 5.10 Å². The van der Waals surface area contributed by atoms with E-state index in [1.54, 1.807) is 23.0 Å². The molecule has 148 valence electrons. The Balaban J connectivity index is 1.68. The number of nitrogens with zero attached hydrogens (tertiary/aromatic N) is 3. The van der Waals surface area contributed by atoms with Gasteiger partial charge in [0, 0.05) is 11.1 Å². The fourth-order valence-electron chi connectivity index (χ4n) is 2.92. The van der Waals surface area contributed by atoms with Crippen LogP contribution in [0, 0.1) is 11.7 Å². The number of aryl methyl sites for hydroxylation is 1. The second-order valence-electron chi connectivity index (χ2n) is 6.69. The molecule has 6 nitrogen and oxygen atoms in total. The summed E-state index contributed by atoms with van der Waals surface area (Å²) in [5.41, 5.74) is 4.02. The molecule has 2 N–H and O–H groups in total. The number of H-pyrrole nitrogens is 1. The van der Waals surface area contributed by atoms with Gasteiger partial charge < -0.3 is 5.32 Å².